The van der Waals surface area contributed by atoms with Gasteiger partial charge >= 0.3 is 12.1 Å². The number of cyclic esters (lactones) is 1. The van der Waals surface area contributed by atoms with Gasteiger partial charge in [0.2, 0.25) is 0 Å². The topological polar surface area (TPSA) is 203 Å². The van der Waals surface area contributed by atoms with Crippen molar-refractivity contribution >= 4 is 51.5 Å². The van der Waals surface area contributed by atoms with E-state index in [0.717, 1.165) is 16.5 Å². The molecule has 1 aromatic carbocycles. The Hall–Kier alpha value is -3.19. The summed E-state index contributed by atoms with van der Waals surface area (Å²) in [5.74, 6) is -5.12. The zero-order chi connectivity index (χ0) is 55.1. The number of hydrogen-bond acceptors (Lipinski definition) is 16. The van der Waals surface area contributed by atoms with Gasteiger partial charge in [-0.05, 0) is 132 Å². The molecule has 3 N–H and O–H groups in total. The highest BCUT2D eigenvalue weighted by Crippen LogP contribution is 2.46. The Bertz CT molecular complexity index is 2310. The van der Waals surface area contributed by atoms with Crippen LogP contribution in [0.15, 0.2) is 42.6 Å². The summed E-state index contributed by atoms with van der Waals surface area (Å²) in [5, 5.41) is 28.3. The van der Waals surface area contributed by atoms with Gasteiger partial charge in [0.05, 0.1) is 65.7 Å². The van der Waals surface area contributed by atoms with Gasteiger partial charge in [0.15, 0.2) is 40.5 Å². The summed E-state index contributed by atoms with van der Waals surface area (Å²) >= 11 is 0. The third-order valence-electron chi connectivity index (χ3n) is 15.5. The van der Waals surface area contributed by atoms with Crippen LogP contribution in [0.25, 0.3) is 17.0 Å². The first-order valence-electron chi connectivity index (χ1n) is 26.7. The van der Waals surface area contributed by atoms with Crippen molar-refractivity contribution in [2.75, 3.05) is 20.7 Å². The van der Waals surface area contributed by atoms with E-state index in [1.165, 1.54) is 6.92 Å². The predicted molar refractivity (Wildman–Crippen MR) is 287 cm³/mol. The Morgan fingerprint density at radius 3 is 2.16 bits per heavy atom. The largest absolute Gasteiger partial charge is 0.458 e. The Labute approximate surface area is 442 Å². The number of hydrogen-bond donors (Lipinski definition) is 3. The lowest BCUT2D eigenvalue weighted by Gasteiger charge is -2.51. The molecule has 18 atom stereocenters. The van der Waals surface area contributed by atoms with Gasteiger partial charge in [0.25, 0.3) is 0 Å². The Morgan fingerprint density at radius 1 is 0.878 bits per heavy atom. The molecule has 0 spiro atoms. The number of carbonyl (C=O) groups is 3. The zero-order valence-electron chi connectivity index (χ0n) is 47.4. The maximum atomic E-state index is 15.1. The van der Waals surface area contributed by atoms with E-state index in [4.69, 9.17) is 42.0 Å². The molecule has 4 fully saturated rings. The molecule has 1 amide bonds. The first-order valence-corrected chi connectivity index (χ1v) is 33.5. The lowest BCUT2D eigenvalue weighted by atomic mass is 9.71. The fraction of sp³-hybridized carbons (Fsp3) is 0.745. The fourth-order valence-corrected chi connectivity index (χ4v) is 14.1. The number of aromatic nitrogens is 1. The van der Waals surface area contributed by atoms with Crippen LogP contribution in [-0.4, -0.2) is 159 Å². The predicted octanol–water partition coefficient (Wildman–Crippen LogP) is 8.21. The fourth-order valence-electron chi connectivity index (χ4n) is 11.8. The van der Waals surface area contributed by atoms with Crippen LogP contribution in [0, 0.1) is 23.7 Å². The van der Waals surface area contributed by atoms with Gasteiger partial charge in [0, 0.05) is 35.9 Å². The quantitative estimate of drug-likeness (QED) is 0.121. The first-order chi connectivity index (χ1) is 34.2. The molecular weight excluding hydrogens is 983 g/mol. The second kappa shape index (κ2) is 23.0. The first kappa shape index (κ1) is 60.0. The third kappa shape index (κ3) is 13.4. The number of esters is 1. The van der Waals surface area contributed by atoms with Gasteiger partial charge < -0.3 is 57.1 Å². The molecule has 1 aromatic heterocycles. The normalized spacial score (nSPS) is 40.1. The highest BCUT2D eigenvalue weighted by Gasteiger charge is 2.67. The summed E-state index contributed by atoms with van der Waals surface area (Å²) in [5.41, 5.74) is -5.30. The van der Waals surface area contributed by atoms with Crippen LogP contribution >= 0.6 is 0 Å². The maximum absolute atomic E-state index is 15.1. The van der Waals surface area contributed by atoms with E-state index >= 15 is 9.59 Å². The van der Waals surface area contributed by atoms with Crippen molar-refractivity contribution in [3.05, 3.63) is 48.2 Å². The Kier molecular flexibility index (Phi) is 18.7. The highest BCUT2D eigenvalue weighted by molar-refractivity contribution is 6.70. The number of para-hydroxylation sites is 1. The molecule has 74 heavy (non-hydrogen) atoms. The minimum atomic E-state index is -2.31. The lowest BCUT2D eigenvalue weighted by molar-refractivity contribution is -0.316. The minimum absolute atomic E-state index is 0.00118. The van der Waals surface area contributed by atoms with Gasteiger partial charge in [-0.2, -0.15) is 0 Å². The van der Waals surface area contributed by atoms with E-state index < -0.39 is 130 Å². The number of amides is 1. The number of fused-ring (bicyclic) bond motifs is 2. The third-order valence-corrected chi connectivity index (χ3v) is 17.5. The summed E-state index contributed by atoms with van der Waals surface area (Å²) < 4.78 is 60.9. The number of ether oxygens (including phenoxy) is 7. The number of rotatable bonds is 14. The molecule has 6 rings (SSSR count). The van der Waals surface area contributed by atoms with Crippen LogP contribution in [0.1, 0.15) is 100 Å². The number of ketones is 1. The minimum Gasteiger partial charge on any atom is -0.458 e. The van der Waals surface area contributed by atoms with Gasteiger partial charge in [-0.1, -0.05) is 58.0 Å². The standard InChI is InChI=1S/C55H89N3O14Si2/c1-19-42-54(10)55(63,57-51(61)70-54)36(6)44(59)32(2)29-53(9,64-26-22-23-38-28-39-24-20-21-25-40(39)56-31-38)47(69-50-46(71-73(13,14)15)41(58(11)12)27-33(3)65-50)34(4)45(35(5)49(60)67-42)68-43-30-52(8,62)48(37(7)66-43)72-74(16,17)18/h20-25,28,31-37,41-43,45-48,50,62-63H,19,26-27,29-30H2,1-18H3,(H,57,61)/b23-22+/t32-,33-,34+,35-,36+,37+,41+,42-,43+,45+,46-,47-,48+,50+,52+,53-,54-,55+/m1/s1. The highest BCUT2D eigenvalue weighted by atomic mass is 28.4. The van der Waals surface area contributed by atoms with Crippen molar-refractivity contribution < 1.29 is 66.6 Å². The second-order valence-corrected chi connectivity index (χ2v) is 33.4. The van der Waals surface area contributed by atoms with Crippen LogP contribution in [-0.2, 0) is 51.6 Å². The van der Waals surface area contributed by atoms with E-state index in [2.05, 4.69) is 54.5 Å². The molecule has 0 radical (unpaired) electrons. The summed E-state index contributed by atoms with van der Waals surface area (Å²) in [6.07, 6.45) is -2.02. The molecule has 4 saturated heterocycles. The maximum Gasteiger partial charge on any atom is 0.410 e. The van der Waals surface area contributed by atoms with Crippen LogP contribution in [0.4, 0.5) is 4.79 Å². The van der Waals surface area contributed by atoms with E-state index in [1.54, 1.807) is 40.8 Å². The number of carbonyl (C=O) groups excluding carboxylic acids is 3. The average molecular weight is 1070 g/mol. The van der Waals surface area contributed by atoms with Crippen molar-refractivity contribution in [1.82, 2.24) is 15.2 Å². The van der Waals surface area contributed by atoms with E-state index in [0.29, 0.717) is 6.42 Å². The van der Waals surface area contributed by atoms with Crippen molar-refractivity contribution in [3.8, 4) is 0 Å². The van der Waals surface area contributed by atoms with Gasteiger partial charge in [0.1, 0.15) is 18.0 Å². The van der Waals surface area contributed by atoms with Crippen molar-refractivity contribution in [3.63, 3.8) is 0 Å². The number of aliphatic hydroxyl groups is 2. The molecule has 2 aromatic rings. The molecule has 0 saturated carbocycles. The number of benzene rings is 1. The van der Waals surface area contributed by atoms with Gasteiger partial charge in [-0.25, -0.2) is 4.79 Å². The van der Waals surface area contributed by atoms with Gasteiger partial charge in [-0.3, -0.25) is 19.9 Å². The molecule has 416 valence electrons. The SMILES string of the molecule is CC[C@H]1OC(=O)[C@H](C)[C@@H](O[C@H]2C[C@](C)(O)[C@@H](O[Si](C)(C)C)[C@H](C)O2)[C@H](C)[C@@H](O[C@@H]2O[C@H](C)C[C@H](N(C)C)[C@H]2O[Si](C)(C)C)[C@](C)(OC/C=C/c2cnc3ccccc3c2)C[C@@H](C)C(=O)[C@H](C)[C@@]2(O)NC(=O)O[C@]12C. The smallest absolute Gasteiger partial charge is 0.410 e. The molecule has 0 bridgehead atoms. The molecule has 17 nitrogen and oxygen atoms in total. The van der Waals surface area contributed by atoms with Crippen LogP contribution in [0.2, 0.25) is 39.3 Å². The van der Waals surface area contributed by atoms with E-state index in [1.807, 2.05) is 84.3 Å². The van der Waals surface area contributed by atoms with E-state index in [-0.39, 0.29) is 38.0 Å². The van der Waals surface area contributed by atoms with Crippen molar-refractivity contribution in [1.29, 1.82) is 0 Å². The molecule has 0 aliphatic carbocycles. The van der Waals surface area contributed by atoms with Crippen LogP contribution < -0.4 is 5.32 Å². The van der Waals surface area contributed by atoms with E-state index in [9.17, 15) is 15.0 Å². The number of likely N-dealkylation sites (N-methyl/N-ethyl adjacent to an activating group) is 1. The average Bonchev–Trinajstić information content (AvgIpc) is 3.54. The number of pyridine rings is 1. The molecular formula is C55H89N3O14Si2. The summed E-state index contributed by atoms with van der Waals surface area (Å²) in [7, 11) is -0.433. The molecule has 4 aliphatic heterocycles. The molecule has 0 unspecified atom stereocenters. The van der Waals surface area contributed by atoms with Crippen LogP contribution in [0.5, 0.6) is 0 Å². The van der Waals surface area contributed by atoms with Crippen LogP contribution in [0.3, 0.4) is 0 Å². The van der Waals surface area contributed by atoms with Gasteiger partial charge in [-0.15, -0.1) is 0 Å². The van der Waals surface area contributed by atoms with Crippen molar-refractivity contribution in [2.45, 2.75) is 218 Å². The summed E-state index contributed by atoms with van der Waals surface area (Å²) in [4.78, 5) is 50.2. The monoisotopic (exact) mass is 1070 g/mol. The lowest BCUT2D eigenvalue weighted by Crippen LogP contribution is -2.67. The van der Waals surface area contributed by atoms with Crippen molar-refractivity contribution in [2.24, 2.45) is 23.7 Å². The molecule has 19 heteroatoms. The second-order valence-electron chi connectivity index (χ2n) is 24.5. The number of nitrogens with zero attached hydrogens (tertiary/aromatic N) is 2. The Morgan fingerprint density at radius 2 is 1.54 bits per heavy atom. The molecule has 4 aliphatic rings. The number of Topliss-reactive ketones (excluding diaryl/α,β-unsaturated/α-hetero) is 1. The Balaban J connectivity index is 1.53. The number of alkyl carbamates (subject to hydrolysis) is 1. The summed E-state index contributed by atoms with van der Waals surface area (Å²) in [6, 6.07) is 9.79. The number of nitrogens with one attached hydrogen (secondary N) is 1. The summed E-state index contributed by atoms with van der Waals surface area (Å²) in [6.45, 7) is 30.2. The molecule has 5 heterocycles. The zero-order valence-corrected chi connectivity index (χ0v) is 49.4.